The van der Waals surface area contributed by atoms with Crippen LogP contribution in [0.2, 0.25) is 0 Å². The van der Waals surface area contributed by atoms with E-state index in [-0.39, 0.29) is 24.2 Å². The molecule has 2 heterocycles. The molecule has 1 aromatic carbocycles. The predicted molar refractivity (Wildman–Crippen MR) is 91.0 cm³/mol. The van der Waals surface area contributed by atoms with Gasteiger partial charge in [0.15, 0.2) is 0 Å². The van der Waals surface area contributed by atoms with Crippen LogP contribution in [0.1, 0.15) is 16.5 Å². The molecule has 0 aliphatic carbocycles. The summed E-state index contributed by atoms with van der Waals surface area (Å²) in [6, 6.07) is 10.1. The molecule has 8 heteroatoms. The van der Waals surface area contributed by atoms with E-state index >= 15 is 0 Å². The van der Waals surface area contributed by atoms with Gasteiger partial charge < -0.3 is 10.1 Å². The highest BCUT2D eigenvalue weighted by molar-refractivity contribution is 7.10. The minimum Gasteiger partial charge on any atom is -0.405 e. The molecule has 24 heavy (non-hydrogen) atoms. The Kier molecular flexibility index (Phi) is 6.51. The summed E-state index contributed by atoms with van der Waals surface area (Å²) in [6.07, 6.45) is -4.69. The highest BCUT2D eigenvalue weighted by atomic mass is 35.5. The number of hydrogen-bond donors (Lipinski definition) is 1. The molecule has 1 atom stereocenters. The third-order valence-electron chi connectivity index (χ3n) is 3.77. The lowest BCUT2D eigenvalue weighted by Crippen LogP contribution is -2.45. The van der Waals surface area contributed by atoms with Gasteiger partial charge in [0.2, 0.25) is 0 Å². The molecule has 1 aromatic heterocycles. The van der Waals surface area contributed by atoms with E-state index in [1.165, 1.54) is 6.07 Å². The number of nitrogens with one attached hydrogen (secondary N) is 1. The maximum Gasteiger partial charge on any atom is 0.573 e. The lowest BCUT2D eigenvalue weighted by molar-refractivity contribution is -0.275. The minimum absolute atomic E-state index is 0. The maximum absolute atomic E-state index is 12.7. The van der Waals surface area contributed by atoms with E-state index in [2.05, 4.69) is 15.0 Å². The summed E-state index contributed by atoms with van der Waals surface area (Å²) in [4.78, 5) is 3.21. The zero-order valence-corrected chi connectivity index (χ0v) is 14.4. The van der Waals surface area contributed by atoms with Gasteiger partial charge in [-0.3, -0.25) is 4.90 Å². The molecule has 2 aromatic rings. The van der Waals surface area contributed by atoms with Crippen LogP contribution in [0.5, 0.6) is 5.75 Å². The molecule has 0 unspecified atom stereocenters. The first kappa shape index (κ1) is 19.1. The van der Waals surface area contributed by atoms with E-state index in [0.29, 0.717) is 5.56 Å². The smallest absolute Gasteiger partial charge is 0.405 e. The van der Waals surface area contributed by atoms with Gasteiger partial charge in [0, 0.05) is 36.6 Å². The Morgan fingerprint density at radius 3 is 2.42 bits per heavy atom. The molecular weight excluding hydrogens is 361 g/mol. The number of halogens is 4. The number of benzene rings is 1. The van der Waals surface area contributed by atoms with Crippen molar-refractivity contribution in [1.29, 1.82) is 0 Å². The summed E-state index contributed by atoms with van der Waals surface area (Å²) in [6.45, 7) is 3.21. The molecule has 1 fully saturated rings. The van der Waals surface area contributed by atoms with Gasteiger partial charge in [-0.2, -0.15) is 0 Å². The van der Waals surface area contributed by atoms with Crippen molar-refractivity contribution >= 4 is 23.7 Å². The second-order valence-electron chi connectivity index (χ2n) is 5.29. The fourth-order valence-electron chi connectivity index (χ4n) is 2.84. The molecule has 0 saturated carbocycles. The number of thiophene rings is 1. The SMILES string of the molecule is Cl.FC(F)(F)Oc1ccccc1[C@@H](c1cccs1)N1CCNCC1. The number of rotatable bonds is 4. The number of nitrogens with zero attached hydrogens (tertiary/aromatic N) is 1. The summed E-state index contributed by atoms with van der Waals surface area (Å²) in [5, 5.41) is 5.21. The number of para-hydroxylation sites is 1. The van der Waals surface area contributed by atoms with Crippen LogP contribution in [0.3, 0.4) is 0 Å². The quantitative estimate of drug-likeness (QED) is 0.868. The Hall–Kier alpha value is -1.28. The minimum atomic E-state index is -4.69. The van der Waals surface area contributed by atoms with Gasteiger partial charge >= 0.3 is 6.36 Å². The predicted octanol–water partition coefficient (Wildman–Crippen LogP) is 4.06. The third-order valence-corrected chi connectivity index (χ3v) is 4.69. The van der Waals surface area contributed by atoms with E-state index in [1.54, 1.807) is 29.5 Å². The van der Waals surface area contributed by atoms with Crippen molar-refractivity contribution in [3.8, 4) is 5.75 Å². The second kappa shape index (κ2) is 8.20. The van der Waals surface area contributed by atoms with E-state index in [4.69, 9.17) is 0 Å². The van der Waals surface area contributed by atoms with Crippen molar-refractivity contribution in [1.82, 2.24) is 10.2 Å². The van der Waals surface area contributed by atoms with Crippen molar-refractivity contribution in [3.05, 3.63) is 52.2 Å². The van der Waals surface area contributed by atoms with Crippen LogP contribution >= 0.6 is 23.7 Å². The van der Waals surface area contributed by atoms with Crippen LogP contribution in [0.15, 0.2) is 41.8 Å². The van der Waals surface area contributed by atoms with Gasteiger partial charge in [0.1, 0.15) is 5.75 Å². The molecule has 0 amide bonds. The van der Waals surface area contributed by atoms with Crippen LogP contribution in [-0.4, -0.2) is 37.4 Å². The van der Waals surface area contributed by atoms with Gasteiger partial charge in [-0.15, -0.1) is 36.9 Å². The summed E-state index contributed by atoms with van der Waals surface area (Å²) < 4.78 is 42.4. The number of alkyl halides is 3. The standard InChI is InChI=1S/C16H17F3N2OS.ClH/c17-16(18,19)22-13-5-2-1-4-12(13)15(14-6-3-11-23-14)21-9-7-20-8-10-21;/h1-6,11,15,20H,7-10H2;1H/t15-;/m0./s1. The highest BCUT2D eigenvalue weighted by Crippen LogP contribution is 2.38. The molecule has 132 valence electrons. The molecule has 3 nitrogen and oxygen atoms in total. The summed E-state index contributed by atoms with van der Waals surface area (Å²) in [7, 11) is 0. The number of piperazine rings is 1. The summed E-state index contributed by atoms with van der Waals surface area (Å²) >= 11 is 1.55. The van der Waals surface area contributed by atoms with Crippen molar-refractivity contribution in [2.75, 3.05) is 26.2 Å². The Balaban J connectivity index is 0.00000208. The monoisotopic (exact) mass is 378 g/mol. The van der Waals surface area contributed by atoms with E-state index < -0.39 is 6.36 Å². The van der Waals surface area contributed by atoms with E-state index in [1.807, 2.05) is 17.5 Å². The van der Waals surface area contributed by atoms with Crippen LogP contribution in [-0.2, 0) is 0 Å². The topological polar surface area (TPSA) is 24.5 Å². The Morgan fingerprint density at radius 1 is 1.08 bits per heavy atom. The summed E-state index contributed by atoms with van der Waals surface area (Å²) in [5.74, 6) is -0.128. The average Bonchev–Trinajstić information content (AvgIpc) is 3.03. The molecule has 1 aliphatic heterocycles. The second-order valence-corrected chi connectivity index (χ2v) is 6.27. The van der Waals surface area contributed by atoms with Crippen LogP contribution in [0.4, 0.5) is 13.2 Å². The lowest BCUT2D eigenvalue weighted by atomic mass is 10.0. The zero-order chi connectivity index (χ0) is 16.3. The lowest BCUT2D eigenvalue weighted by Gasteiger charge is -2.35. The highest BCUT2D eigenvalue weighted by Gasteiger charge is 2.34. The first-order chi connectivity index (χ1) is 11.0. The number of ether oxygens (including phenoxy) is 1. The fourth-order valence-corrected chi connectivity index (χ4v) is 3.72. The van der Waals surface area contributed by atoms with Gasteiger partial charge in [0.25, 0.3) is 0 Å². The number of hydrogen-bond acceptors (Lipinski definition) is 4. The molecule has 1 aliphatic rings. The van der Waals surface area contributed by atoms with Crippen molar-refractivity contribution in [3.63, 3.8) is 0 Å². The van der Waals surface area contributed by atoms with Crippen LogP contribution in [0, 0.1) is 0 Å². The van der Waals surface area contributed by atoms with E-state index in [9.17, 15) is 13.2 Å². The van der Waals surface area contributed by atoms with Crippen LogP contribution in [0.25, 0.3) is 0 Å². The van der Waals surface area contributed by atoms with Crippen molar-refractivity contribution in [2.45, 2.75) is 12.4 Å². The Labute approximate surface area is 148 Å². The van der Waals surface area contributed by atoms with Gasteiger partial charge in [0.05, 0.1) is 6.04 Å². The normalized spacial score (nSPS) is 17.1. The summed E-state index contributed by atoms with van der Waals surface area (Å²) in [5.41, 5.74) is 0.550. The largest absolute Gasteiger partial charge is 0.573 e. The first-order valence-electron chi connectivity index (χ1n) is 7.37. The third kappa shape index (κ3) is 4.63. The van der Waals surface area contributed by atoms with Crippen molar-refractivity contribution in [2.24, 2.45) is 0 Å². The average molecular weight is 379 g/mol. The molecule has 0 radical (unpaired) electrons. The van der Waals surface area contributed by atoms with Crippen LogP contribution < -0.4 is 10.1 Å². The van der Waals surface area contributed by atoms with Gasteiger partial charge in [-0.05, 0) is 17.5 Å². The Morgan fingerprint density at radius 2 is 1.79 bits per heavy atom. The maximum atomic E-state index is 12.7. The zero-order valence-electron chi connectivity index (χ0n) is 12.8. The molecule has 1 N–H and O–H groups in total. The Bertz CT molecular complexity index is 631. The molecule has 0 spiro atoms. The van der Waals surface area contributed by atoms with Gasteiger partial charge in [-0.1, -0.05) is 24.3 Å². The van der Waals surface area contributed by atoms with Crippen molar-refractivity contribution < 1.29 is 17.9 Å². The molecule has 1 saturated heterocycles. The van der Waals surface area contributed by atoms with E-state index in [0.717, 1.165) is 31.1 Å². The molecule has 0 bridgehead atoms. The van der Waals surface area contributed by atoms with Gasteiger partial charge in [-0.25, -0.2) is 0 Å². The molecule has 3 rings (SSSR count). The molecular formula is C16H18ClF3N2OS. The first-order valence-corrected chi connectivity index (χ1v) is 8.25. The fraction of sp³-hybridized carbons (Fsp3) is 0.375.